The monoisotopic (exact) mass is 417 g/mol. The van der Waals surface area contributed by atoms with Crippen molar-refractivity contribution >= 4 is 30.1 Å². The van der Waals surface area contributed by atoms with Crippen LogP contribution in [-0.2, 0) is 9.31 Å². The van der Waals surface area contributed by atoms with Gasteiger partial charge in [0.15, 0.2) is 0 Å². The molecule has 0 saturated carbocycles. The topological polar surface area (TPSA) is 38.8 Å². The smallest absolute Gasteiger partial charge is 0.399 e. The third-order valence-corrected chi connectivity index (χ3v) is 6.20. The molecule has 2 saturated heterocycles. The summed E-state index contributed by atoms with van der Waals surface area (Å²) in [6.45, 7) is 7.73. The van der Waals surface area contributed by atoms with Crippen molar-refractivity contribution < 1.29 is 27.3 Å². The molecule has 2 aliphatic rings. The van der Waals surface area contributed by atoms with Gasteiger partial charge in [-0.25, -0.2) is 0 Å². The van der Waals surface area contributed by atoms with E-state index >= 15 is 0 Å². The fourth-order valence-corrected chi connectivity index (χ4v) is 3.77. The third kappa shape index (κ3) is 3.91. The van der Waals surface area contributed by atoms with Gasteiger partial charge in [-0.3, -0.25) is 4.79 Å². The first-order valence-corrected chi connectivity index (χ1v) is 9.74. The molecule has 1 unspecified atom stereocenters. The van der Waals surface area contributed by atoms with Gasteiger partial charge in [-0.15, -0.1) is 0 Å². The molecule has 28 heavy (non-hydrogen) atoms. The first-order valence-electron chi connectivity index (χ1n) is 9.36. The summed E-state index contributed by atoms with van der Waals surface area (Å²) < 4.78 is 51.9. The van der Waals surface area contributed by atoms with E-state index < -0.39 is 36.4 Å². The highest BCUT2D eigenvalue weighted by molar-refractivity contribution is 6.62. The predicted molar refractivity (Wildman–Crippen MR) is 102 cm³/mol. The largest absolute Gasteiger partial charge is 0.494 e. The molecular weight excluding hydrogens is 393 g/mol. The molecule has 2 aliphatic heterocycles. The second-order valence-electron chi connectivity index (χ2n) is 8.38. The van der Waals surface area contributed by atoms with Crippen LogP contribution < -0.4 is 5.46 Å². The maximum Gasteiger partial charge on any atom is 0.494 e. The summed E-state index contributed by atoms with van der Waals surface area (Å²) in [4.78, 5) is 13.7. The normalized spacial score (nSPS) is 24.5. The molecule has 2 fully saturated rings. The van der Waals surface area contributed by atoms with E-state index in [0.29, 0.717) is 18.3 Å². The van der Waals surface area contributed by atoms with E-state index in [1.54, 1.807) is 6.07 Å². The van der Waals surface area contributed by atoms with E-state index in [1.165, 1.54) is 12.1 Å². The van der Waals surface area contributed by atoms with Gasteiger partial charge in [0, 0.05) is 6.54 Å². The van der Waals surface area contributed by atoms with Crippen molar-refractivity contribution in [3.63, 3.8) is 0 Å². The fraction of sp³-hybridized carbons (Fsp3) is 0.632. The first kappa shape index (κ1) is 21.5. The molecule has 3 rings (SSSR count). The van der Waals surface area contributed by atoms with Crippen LogP contribution >= 0.6 is 11.6 Å². The number of carbonyl (C=O) groups excluding carboxylic acids is 1. The lowest BCUT2D eigenvalue weighted by Crippen LogP contribution is -2.51. The van der Waals surface area contributed by atoms with Crippen LogP contribution in [0.4, 0.5) is 13.2 Å². The number of nitrogens with zero attached hydrogens (tertiary/aromatic N) is 1. The standard InChI is InChI=1S/C19H24BClF3NO3/c1-17(2)18(3,4)28-20(27-17)12-8-9-13(14(21)11-12)16(26)25-10-6-5-7-15(25)19(22,23)24/h8-9,11,15H,5-7,10H2,1-4H3. The van der Waals surface area contributed by atoms with Crippen molar-refractivity contribution in [3.05, 3.63) is 28.8 Å². The third-order valence-electron chi connectivity index (χ3n) is 5.89. The molecule has 0 radical (unpaired) electrons. The van der Waals surface area contributed by atoms with Crippen molar-refractivity contribution in [3.8, 4) is 0 Å². The number of halogens is 4. The molecule has 2 heterocycles. The highest BCUT2D eigenvalue weighted by Gasteiger charge is 2.52. The second-order valence-corrected chi connectivity index (χ2v) is 8.79. The number of hydrogen-bond acceptors (Lipinski definition) is 3. The molecule has 0 spiro atoms. The number of rotatable bonds is 2. The molecule has 1 amide bonds. The zero-order valence-corrected chi connectivity index (χ0v) is 17.2. The zero-order chi connectivity index (χ0) is 20.9. The second kappa shape index (κ2) is 7.22. The minimum atomic E-state index is -4.45. The predicted octanol–water partition coefficient (Wildman–Crippen LogP) is 4.20. The van der Waals surface area contributed by atoms with E-state index in [2.05, 4.69) is 0 Å². The molecule has 1 atom stereocenters. The fourth-order valence-electron chi connectivity index (χ4n) is 3.50. The lowest BCUT2D eigenvalue weighted by Gasteiger charge is -2.37. The Labute approximate surface area is 168 Å². The van der Waals surface area contributed by atoms with Crippen LogP contribution in [0.3, 0.4) is 0 Å². The summed E-state index contributed by atoms with van der Waals surface area (Å²) in [5.41, 5.74) is -0.400. The summed E-state index contributed by atoms with van der Waals surface area (Å²) in [6, 6.07) is 2.83. The van der Waals surface area contributed by atoms with Gasteiger partial charge in [-0.05, 0) is 64.6 Å². The quantitative estimate of drug-likeness (QED) is 0.677. The Morgan fingerprint density at radius 2 is 1.79 bits per heavy atom. The first-order chi connectivity index (χ1) is 12.8. The van der Waals surface area contributed by atoms with Gasteiger partial charge in [0.2, 0.25) is 0 Å². The molecule has 4 nitrogen and oxygen atoms in total. The Morgan fingerprint density at radius 1 is 1.18 bits per heavy atom. The van der Waals surface area contributed by atoms with Crippen LogP contribution in [0.2, 0.25) is 5.02 Å². The van der Waals surface area contributed by atoms with Crippen LogP contribution in [0, 0.1) is 0 Å². The number of hydrogen-bond donors (Lipinski definition) is 0. The number of benzene rings is 1. The van der Waals surface area contributed by atoms with Crippen LogP contribution in [0.25, 0.3) is 0 Å². The molecule has 1 aromatic rings. The molecule has 0 aromatic heterocycles. The van der Waals surface area contributed by atoms with E-state index in [0.717, 1.165) is 4.90 Å². The van der Waals surface area contributed by atoms with Crippen LogP contribution in [0.15, 0.2) is 18.2 Å². The summed E-state index contributed by atoms with van der Waals surface area (Å²) in [7, 11) is -0.662. The lowest BCUT2D eigenvalue weighted by atomic mass is 9.78. The zero-order valence-electron chi connectivity index (χ0n) is 16.4. The highest BCUT2D eigenvalue weighted by atomic mass is 35.5. The summed E-state index contributed by atoms with van der Waals surface area (Å²) in [5, 5.41) is 0.0868. The maximum absolute atomic E-state index is 13.3. The molecule has 0 bridgehead atoms. The molecule has 0 aliphatic carbocycles. The summed E-state index contributed by atoms with van der Waals surface area (Å²) in [5.74, 6) is -0.701. The summed E-state index contributed by atoms with van der Waals surface area (Å²) >= 11 is 6.29. The Kier molecular flexibility index (Phi) is 5.53. The van der Waals surface area contributed by atoms with Crippen molar-refractivity contribution in [1.82, 2.24) is 4.90 Å². The van der Waals surface area contributed by atoms with Gasteiger partial charge >= 0.3 is 13.3 Å². The highest BCUT2D eigenvalue weighted by Crippen LogP contribution is 2.37. The van der Waals surface area contributed by atoms with Gasteiger partial charge in [-0.1, -0.05) is 17.7 Å². The SMILES string of the molecule is CC1(C)OB(c2ccc(C(=O)N3CCCCC3C(F)(F)F)c(Cl)c2)OC1(C)C. The number of likely N-dealkylation sites (tertiary alicyclic amines) is 1. The van der Waals surface area contributed by atoms with Gasteiger partial charge in [0.1, 0.15) is 6.04 Å². The van der Waals surface area contributed by atoms with Gasteiger partial charge < -0.3 is 14.2 Å². The van der Waals surface area contributed by atoms with Crippen LogP contribution in [-0.4, -0.2) is 47.9 Å². The molecule has 9 heteroatoms. The number of amides is 1. The number of carbonyl (C=O) groups is 1. The average molecular weight is 418 g/mol. The van der Waals surface area contributed by atoms with Crippen LogP contribution in [0.5, 0.6) is 0 Å². The number of piperidine rings is 1. The molecule has 0 N–H and O–H groups in total. The minimum Gasteiger partial charge on any atom is -0.399 e. The Bertz CT molecular complexity index is 753. The summed E-state index contributed by atoms with van der Waals surface area (Å²) in [6.07, 6.45) is -3.55. The molecular formula is C19H24BClF3NO3. The maximum atomic E-state index is 13.3. The van der Waals surface area contributed by atoms with Gasteiger partial charge in [0.05, 0.1) is 21.8 Å². The van der Waals surface area contributed by atoms with Crippen molar-refractivity contribution in [2.45, 2.75) is 70.4 Å². The average Bonchev–Trinajstić information content (AvgIpc) is 2.81. The molecule has 1 aromatic carbocycles. The van der Waals surface area contributed by atoms with Crippen molar-refractivity contribution in [2.75, 3.05) is 6.54 Å². The Morgan fingerprint density at radius 3 is 2.32 bits per heavy atom. The number of alkyl halides is 3. The van der Waals surface area contributed by atoms with Crippen LogP contribution in [0.1, 0.15) is 57.3 Å². The molecule has 154 valence electrons. The van der Waals surface area contributed by atoms with Crippen molar-refractivity contribution in [2.24, 2.45) is 0 Å². The van der Waals surface area contributed by atoms with Crippen molar-refractivity contribution in [1.29, 1.82) is 0 Å². The van der Waals surface area contributed by atoms with Gasteiger partial charge in [0.25, 0.3) is 5.91 Å². The van der Waals surface area contributed by atoms with E-state index in [-0.39, 0.29) is 23.6 Å². The lowest BCUT2D eigenvalue weighted by molar-refractivity contribution is -0.183. The van der Waals surface area contributed by atoms with E-state index in [1.807, 2.05) is 27.7 Å². The minimum absolute atomic E-state index is 0.0538. The Hall–Kier alpha value is -1.25. The Balaban J connectivity index is 1.84. The van der Waals surface area contributed by atoms with E-state index in [9.17, 15) is 18.0 Å². The van der Waals surface area contributed by atoms with Gasteiger partial charge in [-0.2, -0.15) is 13.2 Å². The van der Waals surface area contributed by atoms with E-state index in [4.69, 9.17) is 20.9 Å².